The zero-order valence-electron chi connectivity index (χ0n) is 7.44. The molecule has 0 spiro atoms. The van der Waals surface area contributed by atoms with Crippen molar-refractivity contribution in [3.05, 3.63) is 28.6 Å². The Labute approximate surface area is 84.2 Å². The largest absolute Gasteiger partial charge is 0.507 e. The van der Waals surface area contributed by atoms with Gasteiger partial charge in [-0.05, 0) is 25.1 Å². The maximum absolute atomic E-state index is 10.9. The number of thiophene rings is 1. The lowest BCUT2D eigenvalue weighted by Gasteiger charge is -1.99. The number of aryl methyl sites for hydroxylation is 1. The molecule has 1 heterocycles. The fourth-order valence-electron chi connectivity index (χ4n) is 1.45. The molecule has 0 atom stereocenters. The van der Waals surface area contributed by atoms with Crippen LogP contribution >= 0.6 is 11.3 Å². The lowest BCUT2D eigenvalue weighted by atomic mass is 10.1. The number of benzene rings is 1. The summed E-state index contributed by atoms with van der Waals surface area (Å²) in [7, 11) is 0. The smallest absolute Gasteiger partial charge is 0.340 e. The van der Waals surface area contributed by atoms with E-state index >= 15 is 0 Å². The molecule has 1 aromatic carbocycles. The number of aromatic carboxylic acids is 1. The minimum Gasteiger partial charge on any atom is -0.507 e. The fraction of sp³-hybridized carbons (Fsp3) is 0.100. The van der Waals surface area contributed by atoms with Gasteiger partial charge in [-0.15, -0.1) is 11.3 Å². The molecule has 0 aliphatic heterocycles. The van der Waals surface area contributed by atoms with E-state index in [1.807, 2.05) is 6.92 Å². The Kier molecular flexibility index (Phi) is 1.93. The van der Waals surface area contributed by atoms with E-state index in [0.717, 1.165) is 9.58 Å². The van der Waals surface area contributed by atoms with Crippen LogP contribution in [0.5, 0.6) is 5.75 Å². The Morgan fingerprint density at radius 3 is 2.79 bits per heavy atom. The van der Waals surface area contributed by atoms with Crippen LogP contribution in [-0.2, 0) is 0 Å². The zero-order valence-corrected chi connectivity index (χ0v) is 8.26. The first-order chi connectivity index (χ1) is 6.59. The highest BCUT2D eigenvalue weighted by atomic mass is 32.1. The van der Waals surface area contributed by atoms with E-state index in [1.165, 1.54) is 17.4 Å². The van der Waals surface area contributed by atoms with Crippen LogP contribution in [0.25, 0.3) is 10.1 Å². The van der Waals surface area contributed by atoms with Crippen molar-refractivity contribution in [1.29, 1.82) is 0 Å². The fourth-order valence-corrected chi connectivity index (χ4v) is 2.38. The standard InChI is InChI=1S/C10H8O3S/c1-5-4-6-8(14-5)3-2-7(11)9(6)10(12)13/h2-4,11H,1H3,(H,12,13). The van der Waals surface area contributed by atoms with E-state index in [1.54, 1.807) is 12.1 Å². The lowest BCUT2D eigenvalue weighted by molar-refractivity contribution is 0.0696. The van der Waals surface area contributed by atoms with Crippen LogP contribution in [-0.4, -0.2) is 16.2 Å². The van der Waals surface area contributed by atoms with Crippen molar-refractivity contribution in [2.24, 2.45) is 0 Å². The van der Waals surface area contributed by atoms with Gasteiger partial charge in [0, 0.05) is 15.0 Å². The van der Waals surface area contributed by atoms with Crippen LogP contribution in [0.3, 0.4) is 0 Å². The second kappa shape index (κ2) is 2.99. The molecule has 1 aromatic heterocycles. The van der Waals surface area contributed by atoms with Gasteiger partial charge >= 0.3 is 5.97 Å². The van der Waals surface area contributed by atoms with E-state index in [9.17, 15) is 9.90 Å². The number of hydrogen-bond acceptors (Lipinski definition) is 3. The summed E-state index contributed by atoms with van der Waals surface area (Å²) in [6.07, 6.45) is 0. The van der Waals surface area contributed by atoms with E-state index in [4.69, 9.17) is 5.11 Å². The Balaban J connectivity index is 2.88. The predicted octanol–water partition coefficient (Wildman–Crippen LogP) is 2.61. The first kappa shape index (κ1) is 9.02. The molecule has 0 saturated carbocycles. The molecule has 3 nitrogen and oxygen atoms in total. The highest BCUT2D eigenvalue weighted by molar-refractivity contribution is 7.19. The monoisotopic (exact) mass is 208 g/mol. The van der Waals surface area contributed by atoms with Gasteiger partial charge in [0.05, 0.1) is 0 Å². The molecule has 0 saturated heterocycles. The number of carbonyl (C=O) groups is 1. The molecule has 0 radical (unpaired) electrons. The summed E-state index contributed by atoms with van der Waals surface area (Å²) in [5, 5.41) is 18.9. The summed E-state index contributed by atoms with van der Waals surface area (Å²) >= 11 is 1.52. The molecule has 2 aromatic rings. The van der Waals surface area contributed by atoms with Crippen LogP contribution in [0, 0.1) is 6.92 Å². The van der Waals surface area contributed by atoms with Gasteiger partial charge in [-0.1, -0.05) is 0 Å². The summed E-state index contributed by atoms with van der Waals surface area (Å²) in [5.74, 6) is -1.27. The number of aromatic hydroxyl groups is 1. The van der Waals surface area contributed by atoms with E-state index in [-0.39, 0.29) is 11.3 Å². The molecule has 0 aliphatic rings. The van der Waals surface area contributed by atoms with Crippen LogP contribution < -0.4 is 0 Å². The van der Waals surface area contributed by atoms with Gasteiger partial charge < -0.3 is 10.2 Å². The number of phenols is 1. The Morgan fingerprint density at radius 1 is 1.43 bits per heavy atom. The maximum Gasteiger partial charge on any atom is 0.340 e. The van der Waals surface area contributed by atoms with Crippen molar-refractivity contribution in [3.8, 4) is 5.75 Å². The minimum absolute atomic E-state index is 0.00755. The van der Waals surface area contributed by atoms with Crippen molar-refractivity contribution in [3.63, 3.8) is 0 Å². The SMILES string of the molecule is Cc1cc2c(C(=O)O)c(O)ccc2s1. The molecule has 0 amide bonds. The average Bonchev–Trinajstić information content (AvgIpc) is 2.43. The van der Waals surface area contributed by atoms with Gasteiger partial charge in [0.25, 0.3) is 0 Å². The van der Waals surface area contributed by atoms with Crippen molar-refractivity contribution in [2.75, 3.05) is 0 Å². The summed E-state index contributed by atoms with van der Waals surface area (Å²) < 4.78 is 0.887. The van der Waals surface area contributed by atoms with Gasteiger partial charge in [-0.25, -0.2) is 4.79 Å². The number of hydrogen-bond donors (Lipinski definition) is 2. The first-order valence-electron chi connectivity index (χ1n) is 4.05. The molecular weight excluding hydrogens is 200 g/mol. The topological polar surface area (TPSA) is 57.5 Å². The molecule has 72 valence electrons. The normalized spacial score (nSPS) is 10.6. The van der Waals surface area contributed by atoms with Gasteiger partial charge in [-0.2, -0.15) is 0 Å². The molecule has 0 aliphatic carbocycles. The molecule has 0 unspecified atom stereocenters. The Morgan fingerprint density at radius 2 is 2.14 bits per heavy atom. The van der Waals surface area contributed by atoms with E-state index in [2.05, 4.69) is 0 Å². The first-order valence-corrected chi connectivity index (χ1v) is 4.86. The van der Waals surface area contributed by atoms with Gasteiger partial charge in [0.15, 0.2) is 0 Å². The quantitative estimate of drug-likeness (QED) is 0.757. The van der Waals surface area contributed by atoms with E-state index in [0.29, 0.717) is 5.39 Å². The third-order valence-corrected chi connectivity index (χ3v) is 3.03. The summed E-state index contributed by atoms with van der Waals surface area (Å²) in [5.41, 5.74) is -0.00755. The van der Waals surface area contributed by atoms with Crippen LogP contribution in [0.4, 0.5) is 0 Å². The van der Waals surface area contributed by atoms with Gasteiger partial charge in [0.2, 0.25) is 0 Å². The van der Waals surface area contributed by atoms with E-state index < -0.39 is 5.97 Å². The summed E-state index contributed by atoms with van der Waals surface area (Å²) in [4.78, 5) is 11.9. The molecular formula is C10H8O3S. The average molecular weight is 208 g/mol. The third-order valence-electron chi connectivity index (χ3n) is 2.02. The second-order valence-corrected chi connectivity index (χ2v) is 4.32. The molecule has 14 heavy (non-hydrogen) atoms. The minimum atomic E-state index is -1.09. The number of rotatable bonds is 1. The summed E-state index contributed by atoms with van der Waals surface area (Å²) in [6, 6.07) is 4.93. The number of carboxylic acids is 1. The summed E-state index contributed by atoms with van der Waals surface area (Å²) in [6.45, 7) is 1.91. The van der Waals surface area contributed by atoms with Crippen LogP contribution in [0.1, 0.15) is 15.2 Å². The van der Waals surface area contributed by atoms with Crippen LogP contribution in [0.15, 0.2) is 18.2 Å². The van der Waals surface area contributed by atoms with Crippen molar-refractivity contribution in [1.82, 2.24) is 0 Å². The van der Waals surface area contributed by atoms with Crippen molar-refractivity contribution < 1.29 is 15.0 Å². The highest BCUT2D eigenvalue weighted by Crippen LogP contribution is 2.32. The van der Waals surface area contributed by atoms with Crippen molar-refractivity contribution in [2.45, 2.75) is 6.92 Å². The van der Waals surface area contributed by atoms with Crippen LogP contribution in [0.2, 0.25) is 0 Å². The predicted molar refractivity (Wildman–Crippen MR) is 55.2 cm³/mol. The van der Waals surface area contributed by atoms with Crippen molar-refractivity contribution >= 4 is 27.4 Å². The number of fused-ring (bicyclic) bond motifs is 1. The zero-order chi connectivity index (χ0) is 10.3. The second-order valence-electron chi connectivity index (χ2n) is 3.03. The Hall–Kier alpha value is -1.55. The molecule has 2 N–H and O–H groups in total. The number of carboxylic acid groups (broad SMARTS) is 1. The van der Waals surface area contributed by atoms with Gasteiger partial charge in [-0.3, -0.25) is 0 Å². The Bertz CT molecular complexity index is 513. The lowest BCUT2D eigenvalue weighted by Crippen LogP contribution is -1.96. The third kappa shape index (κ3) is 1.24. The maximum atomic E-state index is 10.9. The highest BCUT2D eigenvalue weighted by Gasteiger charge is 2.15. The molecule has 0 bridgehead atoms. The molecule has 4 heteroatoms. The van der Waals surface area contributed by atoms with Gasteiger partial charge in [0.1, 0.15) is 11.3 Å². The molecule has 0 fully saturated rings. The molecule has 2 rings (SSSR count).